The molecule has 0 aliphatic carbocycles. The number of para-hydroxylation sites is 1. The number of aryl methyl sites for hydroxylation is 1. The Morgan fingerprint density at radius 3 is 2.62 bits per heavy atom. The molecule has 0 spiro atoms. The van der Waals surface area contributed by atoms with Crippen LogP contribution in [0.25, 0.3) is 0 Å². The number of aromatic nitrogens is 1. The molecule has 0 amide bonds. The van der Waals surface area contributed by atoms with Gasteiger partial charge in [-0.15, -0.1) is 0 Å². The highest BCUT2D eigenvalue weighted by molar-refractivity contribution is 5.42. The molecule has 0 saturated carbocycles. The maximum absolute atomic E-state index is 11.4. The van der Waals surface area contributed by atoms with Gasteiger partial charge >= 0.3 is 0 Å². The lowest BCUT2D eigenvalue weighted by Gasteiger charge is -2.06. The lowest BCUT2D eigenvalue weighted by Crippen LogP contribution is -2.16. The van der Waals surface area contributed by atoms with Crippen molar-refractivity contribution < 1.29 is 0 Å². The summed E-state index contributed by atoms with van der Waals surface area (Å²) < 4.78 is 1.56. The van der Waals surface area contributed by atoms with Crippen LogP contribution in [0.4, 0.5) is 5.69 Å². The predicted molar refractivity (Wildman–Crippen MR) is 65.5 cm³/mol. The van der Waals surface area contributed by atoms with E-state index in [-0.39, 0.29) is 5.56 Å². The zero-order valence-electron chi connectivity index (χ0n) is 9.18. The van der Waals surface area contributed by atoms with Crippen molar-refractivity contribution in [2.45, 2.75) is 6.54 Å². The summed E-state index contributed by atoms with van der Waals surface area (Å²) in [6.07, 6.45) is 1.78. The van der Waals surface area contributed by atoms with Gasteiger partial charge in [0.25, 0.3) is 5.56 Å². The van der Waals surface area contributed by atoms with Gasteiger partial charge in [0.05, 0.1) is 0 Å². The minimum atomic E-state index is 0.0207. The topological polar surface area (TPSA) is 34.0 Å². The molecular weight excluding hydrogens is 200 g/mol. The second kappa shape index (κ2) is 4.66. The molecule has 0 aliphatic rings. The van der Waals surface area contributed by atoms with Gasteiger partial charge in [-0.05, 0) is 23.8 Å². The van der Waals surface area contributed by atoms with Crippen LogP contribution in [0.3, 0.4) is 0 Å². The van der Waals surface area contributed by atoms with Gasteiger partial charge in [0.1, 0.15) is 0 Å². The van der Waals surface area contributed by atoms with E-state index in [1.54, 1.807) is 23.9 Å². The number of hydrogen-bond donors (Lipinski definition) is 1. The van der Waals surface area contributed by atoms with Gasteiger partial charge in [0.2, 0.25) is 0 Å². The maximum atomic E-state index is 11.4. The molecule has 0 saturated heterocycles. The Morgan fingerprint density at radius 1 is 1.19 bits per heavy atom. The zero-order chi connectivity index (χ0) is 11.4. The molecule has 2 aromatic rings. The molecule has 82 valence electrons. The van der Waals surface area contributed by atoms with Crippen molar-refractivity contribution >= 4 is 5.69 Å². The quantitative estimate of drug-likeness (QED) is 0.847. The summed E-state index contributed by atoms with van der Waals surface area (Å²) in [6, 6.07) is 13.5. The van der Waals surface area contributed by atoms with Crippen LogP contribution in [0.15, 0.2) is 53.5 Å². The summed E-state index contributed by atoms with van der Waals surface area (Å²) >= 11 is 0. The van der Waals surface area contributed by atoms with Gasteiger partial charge in [0, 0.05) is 31.5 Å². The fourth-order valence-corrected chi connectivity index (χ4v) is 1.46. The molecule has 0 aliphatic heterocycles. The standard InChI is InChI=1S/C13H14N2O/c1-15-8-7-11(9-13(15)16)10-14-12-5-3-2-4-6-12/h2-9,14H,10H2,1H3. The molecular formula is C13H14N2O. The van der Waals surface area contributed by atoms with Crippen LogP contribution in [0.2, 0.25) is 0 Å². The Morgan fingerprint density at radius 2 is 1.94 bits per heavy atom. The molecule has 0 fully saturated rings. The van der Waals surface area contributed by atoms with Crippen molar-refractivity contribution in [3.63, 3.8) is 0 Å². The van der Waals surface area contributed by atoms with Crippen molar-refractivity contribution in [1.29, 1.82) is 0 Å². The van der Waals surface area contributed by atoms with Gasteiger partial charge in [-0.3, -0.25) is 4.79 Å². The number of pyridine rings is 1. The second-order valence-electron chi connectivity index (χ2n) is 3.70. The molecule has 2 rings (SSSR count). The Labute approximate surface area is 94.4 Å². The molecule has 0 atom stereocenters. The summed E-state index contributed by atoms with van der Waals surface area (Å²) in [5.74, 6) is 0. The molecule has 16 heavy (non-hydrogen) atoms. The summed E-state index contributed by atoms with van der Waals surface area (Å²) in [5.41, 5.74) is 2.07. The number of hydrogen-bond acceptors (Lipinski definition) is 2. The van der Waals surface area contributed by atoms with Gasteiger partial charge in [-0.2, -0.15) is 0 Å². The number of anilines is 1. The Kier molecular flexibility index (Phi) is 3.05. The van der Waals surface area contributed by atoms with Crippen LogP contribution >= 0.6 is 0 Å². The van der Waals surface area contributed by atoms with Crippen molar-refractivity contribution in [2.75, 3.05) is 5.32 Å². The Bertz CT molecular complexity index is 517. The van der Waals surface area contributed by atoms with E-state index < -0.39 is 0 Å². The van der Waals surface area contributed by atoms with Crippen LogP contribution in [0.1, 0.15) is 5.56 Å². The van der Waals surface area contributed by atoms with Crippen LogP contribution in [-0.4, -0.2) is 4.57 Å². The Balaban J connectivity index is 2.05. The fourth-order valence-electron chi connectivity index (χ4n) is 1.46. The van der Waals surface area contributed by atoms with E-state index in [1.807, 2.05) is 36.4 Å². The third-order valence-electron chi connectivity index (χ3n) is 2.44. The molecule has 3 nitrogen and oxygen atoms in total. The van der Waals surface area contributed by atoms with Crippen LogP contribution in [-0.2, 0) is 13.6 Å². The van der Waals surface area contributed by atoms with E-state index in [9.17, 15) is 4.79 Å². The van der Waals surface area contributed by atoms with E-state index in [4.69, 9.17) is 0 Å². The molecule has 1 aromatic heterocycles. The third-order valence-corrected chi connectivity index (χ3v) is 2.44. The lowest BCUT2D eigenvalue weighted by atomic mass is 10.2. The lowest BCUT2D eigenvalue weighted by molar-refractivity contribution is 0.851. The summed E-state index contributed by atoms with van der Waals surface area (Å²) in [6.45, 7) is 0.667. The van der Waals surface area contributed by atoms with E-state index in [0.29, 0.717) is 6.54 Å². The average molecular weight is 214 g/mol. The van der Waals surface area contributed by atoms with Crippen molar-refractivity contribution in [3.05, 3.63) is 64.6 Å². The Hall–Kier alpha value is -2.03. The molecule has 3 heteroatoms. The normalized spacial score (nSPS) is 10.1. The fraction of sp³-hybridized carbons (Fsp3) is 0.154. The van der Waals surface area contributed by atoms with E-state index in [0.717, 1.165) is 11.3 Å². The first-order valence-corrected chi connectivity index (χ1v) is 5.20. The number of benzene rings is 1. The smallest absolute Gasteiger partial charge is 0.250 e. The number of nitrogens with one attached hydrogen (secondary N) is 1. The molecule has 0 radical (unpaired) electrons. The van der Waals surface area contributed by atoms with E-state index >= 15 is 0 Å². The zero-order valence-corrected chi connectivity index (χ0v) is 9.18. The molecule has 1 heterocycles. The minimum Gasteiger partial charge on any atom is -0.381 e. The molecule has 0 bridgehead atoms. The minimum absolute atomic E-state index is 0.0207. The maximum Gasteiger partial charge on any atom is 0.250 e. The van der Waals surface area contributed by atoms with Gasteiger partial charge in [0.15, 0.2) is 0 Å². The SMILES string of the molecule is Cn1ccc(CNc2ccccc2)cc1=O. The number of nitrogens with zero attached hydrogens (tertiary/aromatic N) is 1. The van der Waals surface area contributed by atoms with Crippen molar-refractivity contribution in [1.82, 2.24) is 4.57 Å². The first kappa shape index (κ1) is 10.5. The third kappa shape index (κ3) is 2.51. The molecule has 0 unspecified atom stereocenters. The summed E-state index contributed by atoms with van der Waals surface area (Å²) in [4.78, 5) is 11.4. The van der Waals surface area contributed by atoms with Crippen LogP contribution in [0.5, 0.6) is 0 Å². The molecule has 1 N–H and O–H groups in total. The highest BCUT2D eigenvalue weighted by Gasteiger charge is 1.95. The summed E-state index contributed by atoms with van der Waals surface area (Å²) in [5, 5.41) is 3.26. The highest BCUT2D eigenvalue weighted by atomic mass is 16.1. The van der Waals surface area contributed by atoms with Gasteiger partial charge in [-0.1, -0.05) is 18.2 Å². The van der Waals surface area contributed by atoms with E-state index in [2.05, 4.69) is 5.32 Å². The predicted octanol–water partition coefficient (Wildman–Crippen LogP) is 2.00. The second-order valence-corrected chi connectivity index (χ2v) is 3.70. The first-order valence-electron chi connectivity index (χ1n) is 5.20. The van der Waals surface area contributed by atoms with E-state index in [1.165, 1.54) is 0 Å². The largest absolute Gasteiger partial charge is 0.381 e. The van der Waals surface area contributed by atoms with Crippen molar-refractivity contribution in [3.8, 4) is 0 Å². The monoisotopic (exact) mass is 214 g/mol. The van der Waals surface area contributed by atoms with Crippen molar-refractivity contribution in [2.24, 2.45) is 7.05 Å². The summed E-state index contributed by atoms with van der Waals surface area (Å²) in [7, 11) is 1.75. The van der Waals surface area contributed by atoms with Crippen LogP contribution in [0, 0.1) is 0 Å². The van der Waals surface area contributed by atoms with Gasteiger partial charge < -0.3 is 9.88 Å². The molecule has 1 aromatic carbocycles. The first-order chi connectivity index (χ1) is 7.75. The number of rotatable bonds is 3. The average Bonchev–Trinajstić information content (AvgIpc) is 2.32. The van der Waals surface area contributed by atoms with Gasteiger partial charge in [-0.25, -0.2) is 0 Å². The van der Waals surface area contributed by atoms with Crippen LogP contribution < -0.4 is 10.9 Å². The highest BCUT2D eigenvalue weighted by Crippen LogP contribution is 2.06.